The monoisotopic (exact) mass is 200 g/mol. The van der Waals surface area contributed by atoms with Crippen molar-refractivity contribution in [2.24, 2.45) is 0 Å². The number of hydrogen-bond acceptors (Lipinski definition) is 2. The Morgan fingerprint density at radius 2 is 2.00 bits per heavy atom. The third-order valence-electron chi connectivity index (χ3n) is 1.16. The van der Waals surface area contributed by atoms with Gasteiger partial charge in [-0.25, -0.2) is 4.79 Å². The van der Waals surface area contributed by atoms with E-state index in [1.165, 1.54) is 13.8 Å². The molecular weight excluding hydrogens is 190 g/mol. The van der Waals surface area contributed by atoms with Gasteiger partial charge in [-0.3, -0.25) is 4.21 Å². The van der Waals surface area contributed by atoms with Gasteiger partial charge < -0.3 is 5.11 Å². The van der Waals surface area contributed by atoms with Crippen LogP contribution in [0.3, 0.4) is 0 Å². The molecule has 0 aromatic heterocycles. The Balaban J connectivity index is 4.25. The van der Waals surface area contributed by atoms with Crippen molar-refractivity contribution in [1.29, 1.82) is 0 Å². The van der Waals surface area contributed by atoms with E-state index >= 15 is 0 Å². The maximum Gasteiger partial charge on any atom is 0.375 e. The second-order valence-electron chi connectivity index (χ2n) is 2.58. The van der Waals surface area contributed by atoms with Crippen LogP contribution < -0.4 is 0 Å². The summed E-state index contributed by atoms with van der Waals surface area (Å²) >= 11 is 0. The molecule has 1 unspecified atom stereocenters. The SMILES string of the molecule is CC(C)S(=O)CC(F)(F)C(=O)O. The van der Waals surface area contributed by atoms with Crippen LogP contribution in [0.2, 0.25) is 0 Å². The van der Waals surface area contributed by atoms with E-state index in [2.05, 4.69) is 0 Å². The molecule has 6 heteroatoms. The highest BCUT2D eigenvalue weighted by Crippen LogP contribution is 2.16. The number of aliphatic carboxylic acids is 1. The van der Waals surface area contributed by atoms with Crippen LogP contribution in [-0.4, -0.2) is 32.2 Å². The van der Waals surface area contributed by atoms with Crippen LogP contribution in [0, 0.1) is 0 Å². The summed E-state index contributed by atoms with van der Waals surface area (Å²) in [5, 5.41) is 7.54. The maximum atomic E-state index is 12.4. The Morgan fingerprint density at radius 1 is 1.58 bits per heavy atom. The van der Waals surface area contributed by atoms with Crippen molar-refractivity contribution in [3.05, 3.63) is 0 Å². The maximum absolute atomic E-state index is 12.4. The third-order valence-corrected chi connectivity index (χ3v) is 2.86. The Hall–Kier alpha value is -0.520. The van der Waals surface area contributed by atoms with Gasteiger partial charge in [-0.2, -0.15) is 8.78 Å². The molecule has 0 saturated carbocycles. The smallest absolute Gasteiger partial charge is 0.375 e. The van der Waals surface area contributed by atoms with Crippen molar-refractivity contribution in [2.45, 2.75) is 25.0 Å². The summed E-state index contributed by atoms with van der Waals surface area (Å²) in [6.45, 7) is 2.99. The fourth-order valence-corrected chi connectivity index (χ4v) is 1.22. The summed E-state index contributed by atoms with van der Waals surface area (Å²) < 4.78 is 35.6. The zero-order chi connectivity index (χ0) is 9.94. The molecule has 72 valence electrons. The van der Waals surface area contributed by atoms with E-state index in [0.29, 0.717) is 0 Å². The van der Waals surface area contributed by atoms with Gasteiger partial charge >= 0.3 is 11.9 Å². The first-order chi connectivity index (χ1) is 5.27. The van der Waals surface area contributed by atoms with E-state index in [-0.39, 0.29) is 0 Å². The molecular formula is C6H10F2O3S. The summed E-state index contributed by atoms with van der Waals surface area (Å²) in [5.41, 5.74) is 0. The Morgan fingerprint density at radius 3 is 2.25 bits per heavy atom. The Bertz CT molecular complexity index is 203. The van der Waals surface area contributed by atoms with Crippen molar-refractivity contribution in [1.82, 2.24) is 0 Å². The minimum Gasteiger partial charge on any atom is -0.477 e. The summed E-state index contributed by atoms with van der Waals surface area (Å²) in [5.74, 6) is -7.22. The van der Waals surface area contributed by atoms with Crippen molar-refractivity contribution in [3.8, 4) is 0 Å². The molecule has 0 aromatic carbocycles. The molecule has 12 heavy (non-hydrogen) atoms. The predicted octanol–water partition coefficient (Wildman–Crippen LogP) is 0.863. The van der Waals surface area contributed by atoms with Gasteiger partial charge in [0.25, 0.3) is 0 Å². The third kappa shape index (κ3) is 3.25. The van der Waals surface area contributed by atoms with Gasteiger partial charge in [0.2, 0.25) is 0 Å². The lowest BCUT2D eigenvalue weighted by Crippen LogP contribution is -2.36. The minimum atomic E-state index is -3.88. The van der Waals surface area contributed by atoms with Crippen LogP contribution in [0.15, 0.2) is 0 Å². The molecule has 0 rings (SSSR count). The molecule has 0 heterocycles. The lowest BCUT2D eigenvalue weighted by molar-refractivity contribution is -0.161. The topological polar surface area (TPSA) is 54.4 Å². The van der Waals surface area contributed by atoms with Crippen LogP contribution >= 0.6 is 0 Å². The van der Waals surface area contributed by atoms with Crippen LogP contribution in [0.1, 0.15) is 13.8 Å². The molecule has 0 amide bonds. The fraction of sp³-hybridized carbons (Fsp3) is 0.833. The highest BCUT2D eigenvalue weighted by atomic mass is 32.2. The van der Waals surface area contributed by atoms with E-state index < -0.39 is 33.7 Å². The van der Waals surface area contributed by atoms with Crippen LogP contribution in [0.5, 0.6) is 0 Å². The number of halogens is 2. The van der Waals surface area contributed by atoms with Crippen LogP contribution in [-0.2, 0) is 15.6 Å². The number of rotatable bonds is 4. The first-order valence-corrected chi connectivity index (χ1v) is 4.64. The quantitative estimate of drug-likeness (QED) is 0.732. The van der Waals surface area contributed by atoms with Gasteiger partial charge in [0, 0.05) is 16.0 Å². The molecule has 0 fully saturated rings. The molecule has 3 nitrogen and oxygen atoms in total. The Kier molecular flexibility index (Phi) is 3.76. The number of carboxylic acids is 1. The van der Waals surface area contributed by atoms with E-state index in [1.807, 2.05) is 0 Å². The zero-order valence-corrected chi connectivity index (χ0v) is 7.53. The normalized spacial score (nSPS) is 14.8. The molecule has 1 N–H and O–H groups in total. The van der Waals surface area contributed by atoms with Crippen LogP contribution in [0.4, 0.5) is 8.78 Å². The number of alkyl halides is 2. The first-order valence-electron chi connectivity index (χ1n) is 3.25. The van der Waals surface area contributed by atoms with Crippen molar-refractivity contribution in [3.63, 3.8) is 0 Å². The van der Waals surface area contributed by atoms with Crippen LogP contribution in [0.25, 0.3) is 0 Å². The molecule has 0 aliphatic heterocycles. The van der Waals surface area contributed by atoms with Gasteiger partial charge in [-0.1, -0.05) is 13.8 Å². The van der Waals surface area contributed by atoms with E-state index in [1.54, 1.807) is 0 Å². The largest absolute Gasteiger partial charge is 0.477 e. The summed E-state index contributed by atoms with van der Waals surface area (Å²) in [4.78, 5) is 9.89. The van der Waals surface area contributed by atoms with Gasteiger partial charge in [0.05, 0.1) is 5.75 Å². The minimum absolute atomic E-state index is 0.449. The lowest BCUT2D eigenvalue weighted by atomic mass is 10.4. The average Bonchev–Trinajstić information content (AvgIpc) is 1.85. The standard InChI is InChI=1S/C6H10F2O3S/c1-4(2)12(11)3-6(7,8)5(9)10/h4H,3H2,1-2H3,(H,9,10). The van der Waals surface area contributed by atoms with E-state index in [9.17, 15) is 17.8 Å². The summed E-state index contributed by atoms with van der Waals surface area (Å²) in [6.07, 6.45) is 0. The van der Waals surface area contributed by atoms with Gasteiger partial charge in [-0.05, 0) is 0 Å². The van der Waals surface area contributed by atoms with Crippen molar-refractivity contribution < 1.29 is 22.9 Å². The molecule has 0 aromatic rings. The molecule has 0 bridgehead atoms. The second kappa shape index (κ2) is 3.93. The molecule has 0 radical (unpaired) electrons. The molecule has 0 aliphatic rings. The molecule has 1 atom stereocenters. The molecule has 0 spiro atoms. The lowest BCUT2D eigenvalue weighted by Gasteiger charge is -2.11. The van der Waals surface area contributed by atoms with Crippen molar-refractivity contribution in [2.75, 3.05) is 5.75 Å². The second-order valence-corrected chi connectivity index (χ2v) is 4.58. The number of hydrogen-bond donors (Lipinski definition) is 1. The first kappa shape index (κ1) is 11.5. The van der Waals surface area contributed by atoms with Crippen molar-refractivity contribution >= 4 is 16.8 Å². The highest BCUT2D eigenvalue weighted by Gasteiger charge is 2.41. The number of carbonyl (C=O) groups is 1. The van der Waals surface area contributed by atoms with Gasteiger partial charge in [-0.15, -0.1) is 0 Å². The van der Waals surface area contributed by atoms with Gasteiger partial charge in [0.1, 0.15) is 0 Å². The molecule has 0 aliphatic carbocycles. The summed E-state index contributed by atoms with van der Waals surface area (Å²) in [6, 6.07) is 0. The zero-order valence-electron chi connectivity index (χ0n) is 6.71. The summed E-state index contributed by atoms with van der Waals surface area (Å²) in [7, 11) is -1.79. The van der Waals surface area contributed by atoms with Gasteiger partial charge in [0.15, 0.2) is 0 Å². The number of carboxylic acid groups (broad SMARTS) is 1. The predicted molar refractivity (Wildman–Crippen MR) is 40.7 cm³/mol. The average molecular weight is 200 g/mol. The Labute approximate surface area is 71.2 Å². The van der Waals surface area contributed by atoms with E-state index in [0.717, 1.165) is 0 Å². The molecule has 0 saturated heterocycles. The fourth-order valence-electron chi connectivity index (χ4n) is 0.407. The highest BCUT2D eigenvalue weighted by molar-refractivity contribution is 7.85. The van der Waals surface area contributed by atoms with E-state index in [4.69, 9.17) is 5.11 Å².